The van der Waals surface area contributed by atoms with Crippen LogP contribution in [0.1, 0.15) is 27.0 Å². The molecule has 0 aliphatic heterocycles. The Hall–Kier alpha value is -3.87. The van der Waals surface area contributed by atoms with Crippen LogP contribution in [0.4, 0.5) is 0 Å². The summed E-state index contributed by atoms with van der Waals surface area (Å²) in [6, 6.07) is 21.2. The Morgan fingerprint density at radius 2 is 1.75 bits per heavy atom. The number of hydrogen-bond acceptors (Lipinski definition) is 5. The van der Waals surface area contributed by atoms with Crippen LogP contribution < -0.4 is 14.9 Å². The fourth-order valence-electron chi connectivity index (χ4n) is 3.46. The van der Waals surface area contributed by atoms with Crippen molar-refractivity contribution in [2.45, 2.75) is 13.8 Å². The first kappa shape index (κ1) is 25.2. The second kappa shape index (κ2) is 11.2. The van der Waals surface area contributed by atoms with Crippen LogP contribution in [0, 0.1) is 13.8 Å². The maximum absolute atomic E-state index is 12.8. The number of nitrogens with zero attached hydrogens (tertiary/aromatic N) is 1. The van der Waals surface area contributed by atoms with E-state index in [-0.39, 0.29) is 22.9 Å². The Labute approximate surface area is 218 Å². The molecule has 182 valence electrons. The van der Waals surface area contributed by atoms with Gasteiger partial charge in [-0.2, -0.15) is 5.10 Å². The van der Waals surface area contributed by atoms with Crippen molar-refractivity contribution < 1.29 is 19.1 Å². The lowest BCUT2D eigenvalue weighted by molar-refractivity contribution is -0.123. The first-order valence-corrected chi connectivity index (χ1v) is 11.8. The van der Waals surface area contributed by atoms with Crippen molar-refractivity contribution in [3.63, 3.8) is 0 Å². The van der Waals surface area contributed by atoms with Gasteiger partial charge in [0.1, 0.15) is 11.5 Å². The number of esters is 1. The molecular formula is C28H22Cl2N2O4. The number of hydrogen-bond donors (Lipinski definition) is 1. The molecule has 0 atom stereocenters. The second-order valence-electron chi connectivity index (χ2n) is 8.04. The van der Waals surface area contributed by atoms with Gasteiger partial charge in [-0.25, -0.2) is 10.2 Å². The summed E-state index contributed by atoms with van der Waals surface area (Å²) in [7, 11) is 0. The number of fused-ring (bicyclic) bond motifs is 1. The average molecular weight is 521 g/mol. The zero-order valence-electron chi connectivity index (χ0n) is 19.5. The molecule has 0 heterocycles. The topological polar surface area (TPSA) is 77.0 Å². The van der Waals surface area contributed by atoms with E-state index >= 15 is 0 Å². The zero-order chi connectivity index (χ0) is 25.7. The van der Waals surface area contributed by atoms with Crippen LogP contribution in [0.2, 0.25) is 10.0 Å². The molecule has 0 aliphatic carbocycles. The Morgan fingerprint density at radius 1 is 0.944 bits per heavy atom. The maximum atomic E-state index is 12.8. The number of halogens is 2. The van der Waals surface area contributed by atoms with Gasteiger partial charge in [0.2, 0.25) is 0 Å². The highest BCUT2D eigenvalue weighted by Crippen LogP contribution is 2.29. The zero-order valence-corrected chi connectivity index (χ0v) is 21.1. The van der Waals surface area contributed by atoms with E-state index in [4.69, 9.17) is 32.7 Å². The van der Waals surface area contributed by atoms with E-state index in [1.54, 1.807) is 12.1 Å². The largest absolute Gasteiger partial charge is 0.484 e. The van der Waals surface area contributed by atoms with Crippen LogP contribution in [-0.2, 0) is 4.79 Å². The SMILES string of the molecule is Cc1ccc(OCC(=O)N/N=C/c2c(OC(=O)c3ccc(Cl)cc3Cl)ccc3ccccc23)cc1C. The van der Waals surface area contributed by atoms with Crippen molar-refractivity contribution in [2.24, 2.45) is 5.10 Å². The van der Waals surface area contributed by atoms with Gasteiger partial charge in [0.15, 0.2) is 6.61 Å². The summed E-state index contributed by atoms with van der Waals surface area (Å²) in [6.07, 6.45) is 1.43. The summed E-state index contributed by atoms with van der Waals surface area (Å²) >= 11 is 12.1. The van der Waals surface area contributed by atoms with Gasteiger partial charge in [0.25, 0.3) is 5.91 Å². The third kappa shape index (κ3) is 6.03. The van der Waals surface area contributed by atoms with E-state index < -0.39 is 11.9 Å². The Morgan fingerprint density at radius 3 is 2.53 bits per heavy atom. The van der Waals surface area contributed by atoms with Crippen LogP contribution in [0.3, 0.4) is 0 Å². The number of hydrazone groups is 1. The Bertz CT molecular complexity index is 1480. The van der Waals surface area contributed by atoms with Gasteiger partial charge in [0.05, 0.1) is 16.8 Å². The monoisotopic (exact) mass is 520 g/mol. The molecule has 4 aromatic rings. The van der Waals surface area contributed by atoms with Crippen molar-refractivity contribution in [3.05, 3.63) is 105 Å². The van der Waals surface area contributed by atoms with Crippen LogP contribution in [0.15, 0.2) is 77.9 Å². The predicted octanol–water partition coefficient (Wildman–Crippen LogP) is 6.51. The number of nitrogens with one attached hydrogen (secondary N) is 1. The van der Waals surface area contributed by atoms with Crippen LogP contribution >= 0.6 is 23.2 Å². The lowest BCUT2D eigenvalue weighted by atomic mass is 10.0. The molecule has 0 spiro atoms. The van der Waals surface area contributed by atoms with Crippen LogP contribution in [-0.4, -0.2) is 24.7 Å². The molecule has 1 amide bonds. The fourth-order valence-corrected chi connectivity index (χ4v) is 3.95. The van der Waals surface area contributed by atoms with E-state index in [1.807, 2.05) is 62.4 Å². The highest BCUT2D eigenvalue weighted by Gasteiger charge is 2.16. The van der Waals surface area contributed by atoms with Crippen molar-refractivity contribution >= 4 is 52.1 Å². The highest BCUT2D eigenvalue weighted by atomic mass is 35.5. The van der Waals surface area contributed by atoms with Gasteiger partial charge in [-0.3, -0.25) is 4.79 Å². The van der Waals surface area contributed by atoms with E-state index in [0.717, 1.165) is 21.9 Å². The highest BCUT2D eigenvalue weighted by molar-refractivity contribution is 6.36. The van der Waals surface area contributed by atoms with Crippen molar-refractivity contribution in [1.82, 2.24) is 5.43 Å². The molecule has 4 rings (SSSR count). The number of carbonyl (C=O) groups is 2. The second-order valence-corrected chi connectivity index (χ2v) is 8.88. The van der Waals surface area contributed by atoms with Crippen molar-refractivity contribution in [3.8, 4) is 11.5 Å². The first-order chi connectivity index (χ1) is 17.3. The van der Waals surface area contributed by atoms with Crippen molar-refractivity contribution in [1.29, 1.82) is 0 Å². The van der Waals surface area contributed by atoms with Crippen LogP contribution in [0.5, 0.6) is 11.5 Å². The fraction of sp³-hybridized carbons (Fsp3) is 0.107. The van der Waals surface area contributed by atoms with Gasteiger partial charge in [-0.15, -0.1) is 0 Å². The quantitative estimate of drug-likeness (QED) is 0.130. The molecule has 0 saturated carbocycles. The number of ether oxygens (including phenoxy) is 2. The molecule has 8 heteroatoms. The molecule has 0 aromatic heterocycles. The first-order valence-electron chi connectivity index (χ1n) is 11.0. The molecule has 0 bridgehead atoms. The van der Waals surface area contributed by atoms with Gasteiger partial charge in [0, 0.05) is 10.6 Å². The Balaban J connectivity index is 1.51. The lowest BCUT2D eigenvalue weighted by Gasteiger charge is -2.11. The standard InChI is InChI=1S/C28H22Cl2N2O4/c1-17-7-10-21(13-18(17)2)35-16-27(33)32-31-15-24-22-6-4-3-5-19(22)8-12-26(24)36-28(34)23-11-9-20(29)14-25(23)30/h3-15H,16H2,1-2H3,(H,32,33)/b31-15+. The summed E-state index contributed by atoms with van der Waals surface area (Å²) in [5.41, 5.74) is 5.35. The predicted molar refractivity (Wildman–Crippen MR) is 143 cm³/mol. The summed E-state index contributed by atoms with van der Waals surface area (Å²) in [5.74, 6) is -0.223. The molecule has 36 heavy (non-hydrogen) atoms. The summed E-state index contributed by atoms with van der Waals surface area (Å²) < 4.78 is 11.2. The lowest BCUT2D eigenvalue weighted by Crippen LogP contribution is -2.24. The van der Waals surface area contributed by atoms with Gasteiger partial charge in [-0.1, -0.05) is 59.6 Å². The van der Waals surface area contributed by atoms with Crippen LogP contribution in [0.25, 0.3) is 10.8 Å². The molecule has 4 aromatic carbocycles. The molecule has 0 aliphatic rings. The number of benzene rings is 4. The third-order valence-corrected chi connectivity index (χ3v) is 6.06. The van der Waals surface area contributed by atoms with Gasteiger partial charge in [-0.05, 0) is 72.1 Å². The summed E-state index contributed by atoms with van der Waals surface area (Å²) in [5, 5.41) is 6.35. The molecular weight excluding hydrogens is 499 g/mol. The van der Waals surface area contributed by atoms with Gasteiger partial charge < -0.3 is 9.47 Å². The minimum absolute atomic E-state index is 0.175. The molecule has 0 saturated heterocycles. The maximum Gasteiger partial charge on any atom is 0.345 e. The number of aryl methyl sites for hydroxylation is 2. The van der Waals surface area contributed by atoms with E-state index in [0.29, 0.717) is 16.3 Å². The smallest absolute Gasteiger partial charge is 0.345 e. The summed E-state index contributed by atoms with van der Waals surface area (Å²) in [6.45, 7) is 3.78. The van der Waals surface area contributed by atoms with Gasteiger partial charge >= 0.3 is 5.97 Å². The molecule has 1 N–H and O–H groups in total. The van der Waals surface area contributed by atoms with E-state index in [9.17, 15) is 9.59 Å². The number of carbonyl (C=O) groups excluding carboxylic acids is 2. The molecule has 0 radical (unpaired) electrons. The Kier molecular flexibility index (Phi) is 7.88. The minimum atomic E-state index is -0.646. The summed E-state index contributed by atoms with van der Waals surface area (Å²) in [4.78, 5) is 25.1. The minimum Gasteiger partial charge on any atom is -0.484 e. The third-order valence-electron chi connectivity index (χ3n) is 5.52. The van der Waals surface area contributed by atoms with Crippen molar-refractivity contribution in [2.75, 3.05) is 6.61 Å². The average Bonchev–Trinajstić information content (AvgIpc) is 2.85. The normalized spacial score (nSPS) is 11.0. The molecule has 6 nitrogen and oxygen atoms in total. The number of rotatable bonds is 7. The van der Waals surface area contributed by atoms with E-state index in [1.165, 1.54) is 18.3 Å². The molecule has 0 unspecified atom stereocenters. The van der Waals surface area contributed by atoms with E-state index in [2.05, 4.69) is 10.5 Å². The number of amides is 1. The molecule has 0 fully saturated rings.